The van der Waals surface area contributed by atoms with Crippen molar-refractivity contribution in [2.75, 3.05) is 17.2 Å². The summed E-state index contributed by atoms with van der Waals surface area (Å²) in [5.74, 6) is 1.27. The normalized spacial score (nSPS) is 11.7. The highest BCUT2D eigenvalue weighted by molar-refractivity contribution is 6.31. The van der Waals surface area contributed by atoms with Crippen LogP contribution in [0.3, 0.4) is 0 Å². The van der Waals surface area contributed by atoms with Gasteiger partial charge in [0.2, 0.25) is 5.95 Å². The minimum Gasteiger partial charge on any atom is -0.370 e. The van der Waals surface area contributed by atoms with Gasteiger partial charge in [0.15, 0.2) is 0 Å². The highest BCUT2D eigenvalue weighted by Gasteiger charge is 2.33. The van der Waals surface area contributed by atoms with Gasteiger partial charge in [0.05, 0.1) is 10.6 Å². The topological polar surface area (TPSA) is 49.8 Å². The van der Waals surface area contributed by atoms with E-state index in [-0.39, 0.29) is 16.7 Å². The van der Waals surface area contributed by atoms with Crippen molar-refractivity contribution >= 4 is 29.1 Å². The summed E-state index contributed by atoms with van der Waals surface area (Å²) in [5, 5.41) is 5.61. The molecular formula is C16H18ClF3N4. The van der Waals surface area contributed by atoms with Gasteiger partial charge < -0.3 is 10.6 Å². The fourth-order valence-corrected chi connectivity index (χ4v) is 2.20. The number of anilines is 3. The number of halogens is 4. The predicted octanol–water partition coefficient (Wildman–Crippen LogP) is 5.27. The summed E-state index contributed by atoms with van der Waals surface area (Å²) in [4.78, 5) is 8.46. The average Bonchev–Trinajstić information content (AvgIpc) is 2.45. The summed E-state index contributed by atoms with van der Waals surface area (Å²) in [6.07, 6.45) is -4.52. The number of alkyl halides is 3. The third kappa shape index (κ3) is 4.99. The average molecular weight is 359 g/mol. The zero-order valence-corrected chi connectivity index (χ0v) is 14.3. The Hall–Kier alpha value is -2.02. The molecule has 2 N–H and O–H groups in total. The SMILES string of the molecule is Cc1cc(NCC(C)C)nc(Nc2ccc(Cl)c(C(F)(F)F)c2)n1. The monoisotopic (exact) mass is 358 g/mol. The molecule has 0 aliphatic carbocycles. The van der Waals surface area contributed by atoms with Crippen LogP contribution in [-0.4, -0.2) is 16.5 Å². The number of nitrogens with zero attached hydrogens (tertiary/aromatic N) is 2. The van der Waals surface area contributed by atoms with E-state index in [0.717, 1.165) is 12.6 Å². The first-order chi connectivity index (χ1) is 11.1. The van der Waals surface area contributed by atoms with E-state index < -0.39 is 11.7 Å². The van der Waals surface area contributed by atoms with Crippen molar-refractivity contribution in [2.24, 2.45) is 5.92 Å². The summed E-state index contributed by atoms with van der Waals surface area (Å²) in [6, 6.07) is 5.36. The van der Waals surface area contributed by atoms with Gasteiger partial charge in [0.1, 0.15) is 5.82 Å². The van der Waals surface area contributed by atoms with Crippen LogP contribution in [0.4, 0.5) is 30.6 Å². The molecule has 2 aromatic rings. The molecule has 0 fully saturated rings. The summed E-state index contributed by atoms with van der Waals surface area (Å²) >= 11 is 5.62. The van der Waals surface area contributed by atoms with Crippen molar-refractivity contribution in [1.29, 1.82) is 0 Å². The van der Waals surface area contributed by atoms with E-state index >= 15 is 0 Å². The minimum absolute atomic E-state index is 0.215. The fourth-order valence-electron chi connectivity index (χ4n) is 1.97. The van der Waals surface area contributed by atoms with Crippen molar-refractivity contribution in [3.63, 3.8) is 0 Å². The second kappa shape index (κ2) is 7.25. The van der Waals surface area contributed by atoms with Gasteiger partial charge in [-0.2, -0.15) is 18.2 Å². The third-order valence-corrected chi connectivity index (χ3v) is 3.40. The van der Waals surface area contributed by atoms with Crippen LogP contribution in [-0.2, 0) is 6.18 Å². The number of aromatic nitrogens is 2. The molecule has 24 heavy (non-hydrogen) atoms. The first-order valence-corrected chi connectivity index (χ1v) is 7.76. The maximum Gasteiger partial charge on any atom is 0.417 e. The molecule has 0 saturated heterocycles. The lowest BCUT2D eigenvalue weighted by molar-refractivity contribution is -0.137. The second-order valence-electron chi connectivity index (χ2n) is 5.81. The second-order valence-corrected chi connectivity index (χ2v) is 6.22. The number of aryl methyl sites for hydroxylation is 1. The first kappa shape index (κ1) is 18.3. The highest BCUT2D eigenvalue weighted by Crippen LogP contribution is 2.36. The maximum absolute atomic E-state index is 12.9. The van der Waals surface area contributed by atoms with Crippen LogP contribution < -0.4 is 10.6 Å². The van der Waals surface area contributed by atoms with Crippen molar-refractivity contribution in [2.45, 2.75) is 26.9 Å². The lowest BCUT2D eigenvalue weighted by atomic mass is 10.2. The molecular weight excluding hydrogens is 341 g/mol. The van der Waals surface area contributed by atoms with E-state index in [1.54, 1.807) is 13.0 Å². The molecule has 2 rings (SSSR count). The Labute approximate surface area is 143 Å². The smallest absolute Gasteiger partial charge is 0.370 e. The van der Waals surface area contributed by atoms with E-state index in [9.17, 15) is 13.2 Å². The Kier molecular flexibility index (Phi) is 5.54. The van der Waals surface area contributed by atoms with Gasteiger partial charge in [-0.1, -0.05) is 25.4 Å². The quantitative estimate of drug-likeness (QED) is 0.764. The molecule has 0 unspecified atom stereocenters. The minimum atomic E-state index is -4.52. The molecule has 0 amide bonds. The van der Waals surface area contributed by atoms with Crippen molar-refractivity contribution in [3.8, 4) is 0 Å². The van der Waals surface area contributed by atoms with Crippen LogP contribution in [0.15, 0.2) is 24.3 Å². The molecule has 1 aromatic heterocycles. The zero-order valence-electron chi connectivity index (χ0n) is 13.5. The van der Waals surface area contributed by atoms with Gasteiger partial charge in [0.25, 0.3) is 0 Å². The molecule has 0 aliphatic rings. The van der Waals surface area contributed by atoms with Crippen molar-refractivity contribution < 1.29 is 13.2 Å². The summed E-state index contributed by atoms with van der Waals surface area (Å²) in [7, 11) is 0. The summed E-state index contributed by atoms with van der Waals surface area (Å²) < 4.78 is 38.8. The van der Waals surface area contributed by atoms with Crippen LogP contribution in [0.1, 0.15) is 25.1 Å². The van der Waals surface area contributed by atoms with Crippen LogP contribution in [0.25, 0.3) is 0 Å². The van der Waals surface area contributed by atoms with E-state index in [0.29, 0.717) is 17.4 Å². The predicted molar refractivity (Wildman–Crippen MR) is 89.8 cm³/mol. The molecule has 0 spiro atoms. The Morgan fingerprint density at radius 2 is 1.88 bits per heavy atom. The standard InChI is InChI=1S/C16H18ClF3N4/c1-9(2)8-21-14-6-10(3)22-15(24-14)23-11-4-5-13(17)12(7-11)16(18,19)20/h4-7,9H,8H2,1-3H3,(H2,21,22,23,24). The third-order valence-electron chi connectivity index (χ3n) is 3.07. The summed E-state index contributed by atoms with van der Waals surface area (Å²) in [6.45, 7) is 6.64. The molecule has 4 nitrogen and oxygen atoms in total. The lowest BCUT2D eigenvalue weighted by Crippen LogP contribution is -2.11. The number of rotatable bonds is 5. The van der Waals surface area contributed by atoms with Crippen LogP contribution in [0, 0.1) is 12.8 Å². The van der Waals surface area contributed by atoms with Gasteiger partial charge >= 0.3 is 6.18 Å². The lowest BCUT2D eigenvalue weighted by Gasteiger charge is -2.13. The van der Waals surface area contributed by atoms with E-state index in [1.807, 2.05) is 0 Å². The molecule has 0 saturated carbocycles. The van der Waals surface area contributed by atoms with Crippen molar-refractivity contribution in [1.82, 2.24) is 9.97 Å². The number of hydrogen-bond acceptors (Lipinski definition) is 4. The van der Waals surface area contributed by atoms with E-state index in [2.05, 4.69) is 34.4 Å². The molecule has 1 heterocycles. The molecule has 1 aromatic carbocycles. The molecule has 0 aliphatic heterocycles. The molecule has 0 atom stereocenters. The largest absolute Gasteiger partial charge is 0.417 e. The molecule has 130 valence electrons. The first-order valence-electron chi connectivity index (χ1n) is 7.38. The van der Waals surface area contributed by atoms with Gasteiger partial charge in [-0.15, -0.1) is 0 Å². The number of hydrogen-bond donors (Lipinski definition) is 2. The molecule has 0 radical (unpaired) electrons. The van der Waals surface area contributed by atoms with E-state index in [1.165, 1.54) is 12.1 Å². The van der Waals surface area contributed by atoms with Crippen molar-refractivity contribution in [3.05, 3.63) is 40.5 Å². The van der Waals surface area contributed by atoms with Gasteiger partial charge in [-0.25, -0.2) is 4.98 Å². The van der Waals surface area contributed by atoms with Crippen LogP contribution in [0.2, 0.25) is 5.02 Å². The highest BCUT2D eigenvalue weighted by atomic mass is 35.5. The van der Waals surface area contributed by atoms with Gasteiger partial charge in [-0.3, -0.25) is 0 Å². The molecule has 8 heteroatoms. The van der Waals surface area contributed by atoms with E-state index in [4.69, 9.17) is 11.6 Å². The maximum atomic E-state index is 12.9. The Balaban J connectivity index is 2.25. The van der Waals surface area contributed by atoms with Crippen LogP contribution >= 0.6 is 11.6 Å². The Bertz CT molecular complexity index is 717. The Morgan fingerprint density at radius 1 is 1.17 bits per heavy atom. The zero-order chi connectivity index (χ0) is 17.9. The number of benzene rings is 1. The van der Waals surface area contributed by atoms with Gasteiger partial charge in [0, 0.05) is 24.0 Å². The number of nitrogens with one attached hydrogen (secondary N) is 2. The van der Waals surface area contributed by atoms with Gasteiger partial charge in [-0.05, 0) is 31.0 Å². The van der Waals surface area contributed by atoms with Crippen LogP contribution in [0.5, 0.6) is 0 Å². The Morgan fingerprint density at radius 3 is 2.50 bits per heavy atom. The molecule has 0 bridgehead atoms. The fraction of sp³-hybridized carbons (Fsp3) is 0.375. The summed E-state index contributed by atoms with van der Waals surface area (Å²) in [5.41, 5.74) is 0.0101.